The molecule has 6 heteroatoms. The summed E-state index contributed by atoms with van der Waals surface area (Å²) in [5, 5.41) is 14.8. The number of carbonyl (C=O) groups excluding carboxylic acids is 1. The monoisotopic (exact) mass is 247 g/mol. The van der Waals surface area contributed by atoms with Gasteiger partial charge in [0.15, 0.2) is 5.69 Å². The third-order valence-corrected chi connectivity index (χ3v) is 3.74. The van der Waals surface area contributed by atoms with Crippen LogP contribution in [0.1, 0.15) is 36.2 Å². The summed E-state index contributed by atoms with van der Waals surface area (Å²) in [6.07, 6.45) is 4.79. The first-order chi connectivity index (χ1) is 8.70. The summed E-state index contributed by atoms with van der Waals surface area (Å²) in [7, 11) is 0. The van der Waals surface area contributed by atoms with Crippen LogP contribution in [0.15, 0.2) is 12.1 Å². The summed E-state index contributed by atoms with van der Waals surface area (Å²) >= 11 is 0. The lowest BCUT2D eigenvalue weighted by Crippen LogP contribution is -2.43. The highest BCUT2D eigenvalue weighted by Gasteiger charge is 2.33. The molecular formula is C12H17N5O. The van der Waals surface area contributed by atoms with Gasteiger partial charge < -0.3 is 16.4 Å². The Labute approximate surface area is 105 Å². The minimum Gasteiger partial charge on any atom is -0.366 e. The van der Waals surface area contributed by atoms with Gasteiger partial charge in [0, 0.05) is 18.1 Å². The van der Waals surface area contributed by atoms with Crippen molar-refractivity contribution < 1.29 is 4.79 Å². The third-order valence-electron chi connectivity index (χ3n) is 3.74. The van der Waals surface area contributed by atoms with Gasteiger partial charge in [0.2, 0.25) is 0 Å². The molecule has 0 spiro atoms. The molecule has 2 bridgehead atoms. The van der Waals surface area contributed by atoms with Gasteiger partial charge in [-0.25, -0.2) is 0 Å². The molecule has 6 nitrogen and oxygen atoms in total. The number of anilines is 1. The second-order valence-electron chi connectivity index (χ2n) is 5.12. The number of nitrogens with two attached hydrogens (primary N) is 1. The first-order valence-corrected chi connectivity index (χ1v) is 6.37. The number of carbonyl (C=O) groups is 1. The number of piperidine rings is 1. The number of nitrogens with zero attached hydrogens (tertiary/aromatic N) is 2. The Morgan fingerprint density at radius 2 is 2.00 bits per heavy atom. The van der Waals surface area contributed by atoms with Gasteiger partial charge in [0.05, 0.1) is 0 Å². The SMILES string of the molecule is NC(=O)c1ccc(NC2CC3CCC(C2)N3)nn1. The summed E-state index contributed by atoms with van der Waals surface area (Å²) in [5.41, 5.74) is 5.32. The maximum Gasteiger partial charge on any atom is 0.269 e. The molecule has 3 rings (SSSR count). The Bertz CT molecular complexity index is 434. The summed E-state index contributed by atoms with van der Waals surface area (Å²) in [5.74, 6) is 0.167. The van der Waals surface area contributed by atoms with E-state index in [1.54, 1.807) is 12.1 Å². The van der Waals surface area contributed by atoms with E-state index in [4.69, 9.17) is 5.73 Å². The van der Waals surface area contributed by atoms with Crippen LogP contribution in [0.25, 0.3) is 0 Å². The van der Waals surface area contributed by atoms with Crippen molar-refractivity contribution in [3.05, 3.63) is 17.8 Å². The highest BCUT2D eigenvalue weighted by atomic mass is 16.1. The van der Waals surface area contributed by atoms with Crippen molar-refractivity contribution in [2.75, 3.05) is 5.32 Å². The molecule has 0 aromatic carbocycles. The quantitative estimate of drug-likeness (QED) is 0.713. The molecule has 96 valence electrons. The van der Waals surface area contributed by atoms with E-state index >= 15 is 0 Å². The van der Waals surface area contributed by atoms with Crippen molar-refractivity contribution in [2.24, 2.45) is 5.73 Å². The van der Waals surface area contributed by atoms with Crippen LogP contribution in [0.5, 0.6) is 0 Å². The number of aromatic nitrogens is 2. The molecule has 0 radical (unpaired) electrons. The standard InChI is InChI=1S/C12H17N5O/c13-12(18)10-3-4-11(17-16-10)15-9-5-7-1-2-8(6-9)14-7/h3-4,7-9,14H,1-2,5-6H2,(H2,13,18)(H,15,17). The van der Waals surface area contributed by atoms with E-state index in [0.29, 0.717) is 23.9 Å². The average molecular weight is 247 g/mol. The number of hydrogen-bond acceptors (Lipinski definition) is 5. The van der Waals surface area contributed by atoms with E-state index in [0.717, 1.165) is 12.8 Å². The van der Waals surface area contributed by atoms with E-state index < -0.39 is 5.91 Å². The van der Waals surface area contributed by atoms with Crippen molar-refractivity contribution in [3.63, 3.8) is 0 Å². The van der Waals surface area contributed by atoms with Crippen LogP contribution in [-0.2, 0) is 0 Å². The smallest absolute Gasteiger partial charge is 0.269 e. The summed E-state index contributed by atoms with van der Waals surface area (Å²) in [4.78, 5) is 10.9. The van der Waals surface area contributed by atoms with E-state index in [-0.39, 0.29) is 5.69 Å². The topological polar surface area (TPSA) is 92.9 Å². The molecule has 0 saturated carbocycles. The van der Waals surface area contributed by atoms with Gasteiger partial charge in [-0.1, -0.05) is 0 Å². The maximum absolute atomic E-state index is 10.9. The highest BCUT2D eigenvalue weighted by Crippen LogP contribution is 2.28. The van der Waals surface area contributed by atoms with E-state index in [1.807, 2.05) is 0 Å². The Morgan fingerprint density at radius 1 is 1.28 bits per heavy atom. The molecule has 2 aliphatic rings. The van der Waals surface area contributed by atoms with E-state index in [9.17, 15) is 4.79 Å². The third kappa shape index (κ3) is 2.28. The predicted octanol–water partition coefficient (Wildman–Crippen LogP) is 0.270. The first kappa shape index (κ1) is 11.4. The molecule has 2 atom stereocenters. The van der Waals surface area contributed by atoms with Gasteiger partial charge >= 0.3 is 0 Å². The lowest BCUT2D eigenvalue weighted by molar-refractivity contribution is 0.0994. The van der Waals surface area contributed by atoms with Gasteiger partial charge in [0.25, 0.3) is 5.91 Å². The van der Waals surface area contributed by atoms with Crippen LogP contribution < -0.4 is 16.4 Å². The lowest BCUT2D eigenvalue weighted by Gasteiger charge is -2.29. The summed E-state index contributed by atoms with van der Waals surface area (Å²) in [6.45, 7) is 0. The number of primary amides is 1. The predicted molar refractivity (Wildman–Crippen MR) is 67.1 cm³/mol. The Morgan fingerprint density at radius 3 is 2.56 bits per heavy atom. The number of hydrogen-bond donors (Lipinski definition) is 3. The zero-order valence-electron chi connectivity index (χ0n) is 10.1. The number of rotatable bonds is 3. The molecule has 3 heterocycles. The Kier molecular flexibility index (Phi) is 2.87. The van der Waals surface area contributed by atoms with Gasteiger partial charge in [-0.05, 0) is 37.8 Å². The molecule has 2 unspecified atom stereocenters. The molecule has 18 heavy (non-hydrogen) atoms. The van der Waals surface area contributed by atoms with E-state index in [1.165, 1.54) is 12.8 Å². The Hall–Kier alpha value is -1.69. The molecule has 1 amide bonds. The van der Waals surface area contributed by atoms with Crippen molar-refractivity contribution in [1.82, 2.24) is 15.5 Å². The van der Waals surface area contributed by atoms with Gasteiger partial charge in [-0.3, -0.25) is 4.79 Å². The van der Waals surface area contributed by atoms with E-state index in [2.05, 4.69) is 20.8 Å². The second-order valence-corrected chi connectivity index (χ2v) is 5.12. The van der Waals surface area contributed by atoms with Crippen LogP contribution in [0.2, 0.25) is 0 Å². The molecule has 2 saturated heterocycles. The number of fused-ring (bicyclic) bond motifs is 2. The summed E-state index contributed by atoms with van der Waals surface area (Å²) < 4.78 is 0. The largest absolute Gasteiger partial charge is 0.366 e. The van der Waals surface area contributed by atoms with Crippen LogP contribution in [0.3, 0.4) is 0 Å². The molecule has 2 fully saturated rings. The fourth-order valence-electron chi connectivity index (χ4n) is 2.92. The van der Waals surface area contributed by atoms with Crippen molar-refractivity contribution in [3.8, 4) is 0 Å². The zero-order chi connectivity index (χ0) is 12.5. The second kappa shape index (κ2) is 4.53. The van der Waals surface area contributed by atoms with Crippen molar-refractivity contribution >= 4 is 11.7 Å². The normalized spacial score (nSPS) is 30.1. The number of amides is 1. The molecule has 1 aromatic rings. The van der Waals surface area contributed by atoms with Crippen molar-refractivity contribution in [1.29, 1.82) is 0 Å². The minimum atomic E-state index is -0.547. The maximum atomic E-state index is 10.9. The van der Waals surface area contributed by atoms with Crippen LogP contribution in [-0.4, -0.2) is 34.2 Å². The fraction of sp³-hybridized carbons (Fsp3) is 0.583. The fourth-order valence-corrected chi connectivity index (χ4v) is 2.92. The molecule has 1 aromatic heterocycles. The van der Waals surface area contributed by atoms with Crippen LogP contribution in [0, 0.1) is 0 Å². The average Bonchev–Trinajstić information content (AvgIpc) is 2.69. The number of nitrogens with one attached hydrogen (secondary N) is 2. The van der Waals surface area contributed by atoms with Gasteiger partial charge in [-0.2, -0.15) is 0 Å². The Balaban J connectivity index is 1.64. The lowest BCUT2D eigenvalue weighted by atomic mass is 10.00. The van der Waals surface area contributed by atoms with Crippen LogP contribution in [0.4, 0.5) is 5.82 Å². The summed E-state index contributed by atoms with van der Waals surface area (Å²) in [6, 6.07) is 5.08. The first-order valence-electron chi connectivity index (χ1n) is 6.37. The minimum absolute atomic E-state index is 0.200. The molecule has 0 aliphatic carbocycles. The zero-order valence-corrected chi connectivity index (χ0v) is 10.1. The van der Waals surface area contributed by atoms with Gasteiger partial charge in [0.1, 0.15) is 5.82 Å². The van der Waals surface area contributed by atoms with Crippen molar-refractivity contribution in [2.45, 2.75) is 43.8 Å². The van der Waals surface area contributed by atoms with Gasteiger partial charge in [-0.15, -0.1) is 10.2 Å². The molecular weight excluding hydrogens is 230 g/mol. The highest BCUT2D eigenvalue weighted by molar-refractivity contribution is 5.90. The molecule has 4 N–H and O–H groups in total. The molecule has 2 aliphatic heterocycles. The van der Waals surface area contributed by atoms with Crippen LogP contribution >= 0.6 is 0 Å².